The number of carbonyl (C=O) groups excluding carboxylic acids is 1. The number of halogens is 1. The first kappa shape index (κ1) is 15.4. The molecule has 21 heavy (non-hydrogen) atoms. The third kappa shape index (κ3) is 4.23. The molecule has 1 N–H and O–H groups in total. The van der Waals surface area contributed by atoms with E-state index in [-0.39, 0.29) is 18.2 Å². The van der Waals surface area contributed by atoms with Gasteiger partial charge in [0.05, 0.1) is 0 Å². The minimum Gasteiger partial charge on any atom is -0.396 e. The smallest absolute Gasteiger partial charge is 0.162 e. The Morgan fingerprint density at radius 2 is 1.67 bits per heavy atom. The van der Waals surface area contributed by atoms with Crippen LogP contribution in [0.25, 0.3) is 11.1 Å². The Balaban J connectivity index is 2.02. The van der Waals surface area contributed by atoms with Crippen molar-refractivity contribution >= 4 is 5.78 Å². The molecule has 2 aromatic rings. The van der Waals surface area contributed by atoms with Gasteiger partial charge in [-0.15, -0.1) is 0 Å². The summed E-state index contributed by atoms with van der Waals surface area (Å²) in [6.45, 7) is 0.172. The molecular formula is C18H19FO2. The number of aliphatic hydroxyl groups is 1. The number of hydrogen-bond acceptors (Lipinski definition) is 2. The Kier molecular flexibility index (Phi) is 5.64. The van der Waals surface area contributed by atoms with Crippen molar-refractivity contribution in [2.75, 3.05) is 6.61 Å². The summed E-state index contributed by atoms with van der Waals surface area (Å²) in [7, 11) is 0. The summed E-state index contributed by atoms with van der Waals surface area (Å²) in [5.74, 6) is -0.173. The molecule has 110 valence electrons. The Bertz CT molecular complexity index is 590. The molecule has 0 fully saturated rings. The van der Waals surface area contributed by atoms with E-state index in [1.54, 1.807) is 42.5 Å². The predicted octanol–water partition coefficient (Wildman–Crippen LogP) is 4.23. The molecular weight excluding hydrogens is 267 g/mol. The Morgan fingerprint density at radius 3 is 2.33 bits per heavy atom. The van der Waals surface area contributed by atoms with E-state index in [4.69, 9.17) is 5.11 Å². The summed E-state index contributed by atoms with van der Waals surface area (Å²) >= 11 is 0. The van der Waals surface area contributed by atoms with Gasteiger partial charge in [0.25, 0.3) is 0 Å². The van der Waals surface area contributed by atoms with Crippen molar-refractivity contribution in [3.05, 3.63) is 59.9 Å². The maximum atomic E-state index is 13.7. The van der Waals surface area contributed by atoms with Crippen molar-refractivity contribution < 1.29 is 14.3 Å². The highest BCUT2D eigenvalue weighted by Gasteiger charge is 2.07. The Hall–Kier alpha value is -2.00. The normalized spacial score (nSPS) is 10.6. The summed E-state index contributed by atoms with van der Waals surface area (Å²) < 4.78 is 13.7. The van der Waals surface area contributed by atoms with Gasteiger partial charge >= 0.3 is 0 Å². The fraction of sp³-hybridized carbons (Fsp3) is 0.278. The van der Waals surface area contributed by atoms with Crippen LogP contribution in [0.4, 0.5) is 4.39 Å². The highest BCUT2D eigenvalue weighted by Crippen LogP contribution is 2.23. The molecule has 2 aromatic carbocycles. The molecule has 2 nitrogen and oxygen atoms in total. The Labute approximate surface area is 124 Å². The van der Waals surface area contributed by atoms with Crippen LogP contribution in [0, 0.1) is 5.82 Å². The molecule has 0 saturated heterocycles. The number of carbonyl (C=O) groups is 1. The second-order valence-electron chi connectivity index (χ2n) is 5.01. The zero-order valence-electron chi connectivity index (χ0n) is 11.9. The number of unbranched alkanes of at least 4 members (excludes halogenated alkanes) is 2. The van der Waals surface area contributed by atoms with Crippen molar-refractivity contribution in [2.24, 2.45) is 0 Å². The summed E-state index contributed by atoms with van der Waals surface area (Å²) in [5.41, 5.74) is 1.96. The number of ketones is 1. The molecule has 0 radical (unpaired) electrons. The van der Waals surface area contributed by atoms with Crippen LogP contribution < -0.4 is 0 Å². The van der Waals surface area contributed by atoms with Crippen LogP contribution >= 0.6 is 0 Å². The van der Waals surface area contributed by atoms with Gasteiger partial charge in [0.1, 0.15) is 5.82 Å². The van der Waals surface area contributed by atoms with Gasteiger partial charge in [0.15, 0.2) is 5.78 Å². The van der Waals surface area contributed by atoms with Crippen molar-refractivity contribution in [1.82, 2.24) is 0 Å². The second kappa shape index (κ2) is 7.70. The fourth-order valence-corrected chi connectivity index (χ4v) is 2.25. The van der Waals surface area contributed by atoms with Crippen LogP contribution in [0.15, 0.2) is 48.5 Å². The van der Waals surface area contributed by atoms with E-state index in [2.05, 4.69) is 0 Å². The van der Waals surface area contributed by atoms with Gasteiger partial charge in [-0.3, -0.25) is 4.79 Å². The molecule has 0 aliphatic carbocycles. The van der Waals surface area contributed by atoms with Crippen LogP contribution in [0.2, 0.25) is 0 Å². The van der Waals surface area contributed by atoms with Gasteiger partial charge < -0.3 is 5.11 Å². The minimum absolute atomic E-state index is 0.0908. The largest absolute Gasteiger partial charge is 0.396 e. The minimum atomic E-state index is -0.263. The van der Waals surface area contributed by atoms with Gasteiger partial charge in [-0.2, -0.15) is 0 Å². The predicted molar refractivity (Wildman–Crippen MR) is 81.7 cm³/mol. The standard InChI is InChI=1S/C18H19FO2/c19-17-7-4-3-6-16(17)14-9-11-15(12-10-14)18(21)8-2-1-5-13-20/h3-4,6-7,9-12,20H,1-2,5,8,13H2. The number of aliphatic hydroxyl groups excluding tert-OH is 1. The zero-order valence-corrected chi connectivity index (χ0v) is 11.9. The molecule has 0 heterocycles. The lowest BCUT2D eigenvalue weighted by molar-refractivity contribution is 0.0978. The lowest BCUT2D eigenvalue weighted by Gasteiger charge is -2.05. The highest BCUT2D eigenvalue weighted by molar-refractivity contribution is 5.96. The van der Waals surface area contributed by atoms with E-state index in [0.29, 0.717) is 17.5 Å². The van der Waals surface area contributed by atoms with Crippen molar-refractivity contribution in [3.63, 3.8) is 0 Å². The zero-order chi connectivity index (χ0) is 15.1. The van der Waals surface area contributed by atoms with Crippen LogP contribution in [0.3, 0.4) is 0 Å². The van der Waals surface area contributed by atoms with Crippen LogP contribution in [0.1, 0.15) is 36.0 Å². The van der Waals surface area contributed by atoms with Crippen LogP contribution in [0.5, 0.6) is 0 Å². The van der Waals surface area contributed by atoms with Crippen LogP contribution in [-0.2, 0) is 0 Å². The third-order valence-corrected chi connectivity index (χ3v) is 3.45. The van der Waals surface area contributed by atoms with Gasteiger partial charge in [0.2, 0.25) is 0 Å². The van der Waals surface area contributed by atoms with Gasteiger partial charge in [-0.05, 0) is 24.5 Å². The summed E-state index contributed by atoms with van der Waals surface area (Å²) in [6, 6.07) is 13.6. The number of hydrogen-bond donors (Lipinski definition) is 1. The van der Waals surface area contributed by atoms with Crippen molar-refractivity contribution in [1.29, 1.82) is 0 Å². The first-order chi connectivity index (χ1) is 10.2. The van der Waals surface area contributed by atoms with E-state index in [9.17, 15) is 9.18 Å². The average molecular weight is 286 g/mol. The molecule has 0 spiro atoms. The van der Waals surface area contributed by atoms with Crippen molar-refractivity contribution in [3.8, 4) is 11.1 Å². The average Bonchev–Trinajstić information content (AvgIpc) is 2.52. The van der Waals surface area contributed by atoms with E-state index in [1.165, 1.54) is 6.07 Å². The molecule has 0 atom stereocenters. The maximum absolute atomic E-state index is 13.7. The maximum Gasteiger partial charge on any atom is 0.162 e. The van der Waals surface area contributed by atoms with Gasteiger partial charge in [-0.1, -0.05) is 48.9 Å². The van der Waals surface area contributed by atoms with E-state index < -0.39 is 0 Å². The van der Waals surface area contributed by atoms with E-state index in [0.717, 1.165) is 24.8 Å². The quantitative estimate of drug-likeness (QED) is 0.611. The number of Topliss-reactive ketones (excluding diaryl/α,β-unsaturated/α-hetero) is 1. The van der Waals surface area contributed by atoms with E-state index in [1.807, 2.05) is 0 Å². The molecule has 0 aliphatic heterocycles. The summed E-state index contributed by atoms with van der Waals surface area (Å²) in [6.07, 6.45) is 2.86. The molecule has 2 rings (SSSR count). The number of benzene rings is 2. The van der Waals surface area contributed by atoms with Gasteiger partial charge in [-0.25, -0.2) is 4.39 Å². The Morgan fingerprint density at radius 1 is 0.952 bits per heavy atom. The molecule has 0 amide bonds. The highest BCUT2D eigenvalue weighted by atomic mass is 19.1. The van der Waals surface area contributed by atoms with E-state index >= 15 is 0 Å². The molecule has 0 unspecified atom stereocenters. The molecule has 0 bridgehead atoms. The monoisotopic (exact) mass is 286 g/mol. The van der Waals surface area contributed by atoms with Gasteiger partial charge in [0, 0.05) is 24.2 Å². The first-order valence-corrected chi connectivity index (χ1v) is 7.21. The lowest BCUT2D eigenvalue weighted by atomic mass is 10.00. The van der Waals surface area contributed by atoms with Crippen LogP contribution in [-0.4, -0.2) is 17.5 Å². The SMILES string of the molecule is O=C(CCCCCO)c1ccc(-c2ccccc2F)cc1. The summed E-state index contributed by atoms with van der Waals surface area (Å²) in [5, 5.41) is 8.69. The number of rotatable bonds is 7. The molecule has 0 aromatic heterocycles. The lowest BCUT2D eigenvalue weighted by Crippen LogP contribution is -1.99. The first-order valence-electron chi connectivity index (χ1n) is 7.21. The molecule has 3 heteroatoms. The molecule has 0 saturated carbocycles. The second-order valence-corrected chi connectivity index (χ2v) is 5.01. The topological polar surface area (TPSA) is 37.3 Å². The third-order valence-electron chi connectivity index (χ3n) is 3.45. The van der Waals surface area contributed by atoms with Crippen molar-refractivity contribution in [2.45, 2.75) is 25.7 Å². The molecule has 0 aliphatic rings. The fourth-order valence-electron chi connectivity index (χ4n) is 2.25. The summed E-state index contributed by atoms with van der Waals surface area (Å²) in [4.78, 5) is 12.0.